The zero-order valence-corrected chi connectivity index (χ0v) is 19.1. The number of carbonyl (C=O) groups excluding carboxylic acids is 3. The minimum atomic E-state index is -4.32. The van der Waals surface area contributed by atoms with Crippen molar-refractivity contribution in [3.05, 3.63) is 40.9 Å². The molecule has 0 aromatic carbocycles. The molecule has 0 spiro atoms. The molecule has 176 valence electrons. The molecule has 0 saturated carbocycles. The Morgan fingerprint density at radius 3 is 2.12 bits per heavy atom. The lowest BCUT2D eigenvalue weighted by molar-refractivity contribution is -0.191. The summed E-state index contributed by atoms with van der Waals surface area (Å²) in [6.07, 6.45) is -1.61. The average Bonchev–Trinajstić information content (AvgIpc) is 3.14. The van der Waals surface area contributed by atoms with Gasteiger partial charge >= 0.3 is 18.3 Å². The summed E-state index contributed by atoms with van der Waals surface area (Å²) in [6.45, 7) is 8.99. The second-order valence-electron chi connectivity index (χ2n) is 7.84. The van der Waals surface area contributed by atoms with Crippen LogP contribution >= 0.6 is 11.3 Å². The van der Waals surface area contributed by atoms with E-state index in [1.165, 1.54) is 17.4 Å². The molecule has 0 amide bonds. The van der Waals surface area contributed by atoms with Crippen LogP contribution in [0.5, 0.6) is 0 Å². The number of aromatic nitrogens is 1. The number of aryl methyl sites for hydroxylation is 1. The van der Waals surface area contributed by atoms with Gasteiger partial charge in [-0.05, 0) is 64.8 Å². The summed E-state index contributed by atoms with van der Waals surface area (Å²) in [7, 11) is 0. The van der Waals surface area contributed by atoms with Gasteiger partial charge in [-0.1, -0.05) is 0 Å². The van der Waals surface area contributed by atoms with Gasteiger partial charge in [-0.3, -0.25) is 9.78 Å². The smallest absolute Gasteiger partial charge is 0.417 e. The normalized spacial score (nSPS) is 14.2. The number of carbonyl (C=O) groups is 1. The number of nitrogens with zero attached hydrogens (tertiary/aromatic N) is 1. The van der Waals surface area contributed by atoms with Crippen LogP contribution in [0.1, 0.15) is 44.1 Å². The maximum absolute atomic E-state index is 12.3. The van der Waals surface area contributed by atoms with Crippen molar-refractivity contribution in [1.82, 2.24) is 4.98 Å². The standard InChI is InChI=1S/C11H8F3NS.C10H18O3.CO2/c1-7-2-5-10(16-7)9-4-3-8(6-15-9)11(12,13)14;1-10(2,3)13-9(11)8-4-6-12-7-5-8;2-1-3/h2-6H,1H3;8H,4-7H2,1-3H3;. The highest BCUT2D eigenvalue weighted by Crippen LogP contribution is 2.31. The molecule has 0 aliphatic carbocycles. The summed E-state index contributed by atoms with van der Waals surface area (Å²) in [6, 6.07) is 6.22. The van der Waals surface area contributed by atoms with Gasteiger partial charge in [0.05, 0.1) is 22.1 Å². The molecule has 1 fully saturated rings. The molecule has 3 rings (SSSR count). The number of hydrogen-bond acceptors (Lipinski definition) is 7. The quantitative estimate of drug-likeness (QED) is 0.550. The summed E-state index contributed by atoms with van der Waals surface area (Å²) in [5.41, 5.74) is -0.509. The molecule has 1 saturated heterocycles. The average molecular weight is 474 g/mol. The van der Waals surface area contributed by atoms with Crippen molar-refractivity contribution in [2.24, 2.45) is 5.92 Å². The van der Waals surface area contributed by atoms with Crippen LogP contribution in [-0.2, 0) is 30.0 Å². The van der Waals surface area contributed by atoms with E-state index in [0.29, 0.717) is 18.9 Å². The van der Waals surface area contributed by atoms with E-state index in [1.54, 1.807) is 0 Å². The molecular formula is C22H26F3NO5S. The third kappa shape index (κ3) is 10.2. The third-order valence-corrected chi connectivity index (χ3v) is 5.07. The number of hydrogen-bond donors (Lipinski definition) is 0. The second-order valence-corrected chi connectivity index (χ2v) is 9.13. The third-order valence-electron chi connectivity index (χ3n) is 4.05. The number of esters is 1. The van der Waals surface area contributed by atoms with Crippen molar-refractivity contribution in [1.29, 1.82) is 0 Å². The topological polar surface area (TPSA) is 82.6 Å². The summed E-state index contributed by atoms with van der Waals surface area (Å²) in [4.78, 5) is 33.6. The van der Waals surface area contributed by atoms with Crippen molar-refractivity contribution in [3.63, 3.8) is 0 Å². The SMILES string of the molecule is CC(C)(C)OC(=O)C1CCOCC1.Cc1ccc(-c2ccc(C(F)(F)F)cn2)s1.O=C=O. The van der Waals surface area contributed by atoms with Crippen LogP contribution in [0.2, 0.25) is 0 Å². The van der Waals surface area contributed by atoms with E-state index in [-0.39, 0.29) is 23.6 Å². The Morgan fingerprint density at radius 2 is 1.72 bits per heavy atom. The van der Waals surface area contributed by atoms with Crippen molar-refractivity contribution in [2.75, 3.05) is 13.2 Å². The van der Waals surface area contributed by atoms with Crippen LogP contribution in [-0.4, -0.2) is 35.9 Å². The predicted molar refractivity (Wildman–Crippen MR) is 112 cm³/mol. The van der Waals surface area contributed by atoms with E-state index in [4.69, 9.17) is 19.1 Å². The Kier molecular flexibility index (Phi) is 10.7. The molecule has 0 bridgehead atoms. The Balaban J connectivity index is 0.000000291. The van der Waals surface area contributed by atoms with Crippen LogP contribution in [0.15, 0.2) is 30.5 Å². The molecule has 10 heteroatoms. The minimum absolute atomic E-state index is 0.0491. The molecule has 0 atom stereocenters. The number of halogens is 3. The Labute approximate surface area is 188 Å². The molecular weight excluding hydrogens is 447 g/mol. The highest BCUT2D eigenvalue weighted by Gasteiger charge is 2.30. The van der Waals surface area contributed by atoms with Crippen molar-refractivity contribution >= 4 is 23.5 Å². The fraction of sp³-hybridized carbons (Fsp3) is 0.500. The lowest BCUT2D eigenvalue weighted by Gasteiger charge is -2.26. The Bertz CT molecular complexity index is 876. The van der Waals surface area contributed by atoms with Crippen LogP contribution in [0.4, 0.5) is 13.2 Å². The van der Waals surface area contributed by atoms with Crippen LogP contribution in [0.3, 0.4) is 0 Å². The van der Waals surface area contributed by atoms with E-state index in [0.717, 1.165) is 34.9 Å². The first-order valence-electron chi connectivity index (χ1n) is 9.77. The Hall–Kier alpha value is -2.55. The van der Waals surface area contributed by atoms with Gasteiger partial charge in [-0.15, -0.1) is 11.3 Å². The van der Waals surface area contributed by atoms with Gasteiger partial charge in [-0.2, -0.15) is 22.8 Å². The fourth-order valence-electron chi connectivity index (χ4n) is 2.60. The number of pyridine rings is 1. The van der Waals surface area contributed by atoms with Gasteiger partial charge in [0.15, 0.2) is 0 Å². The first kappa shape index (κ1) is 27.5. The number of alkyl halides is 3. The molecule has 2 aromatic heterocycles. The second kappa shape index (κ2) is 12.5. The van der Waals surface area contributed by atoms with Crippen molar-refractivity contribution in [3.8, 4) is 10.6 Å². The molecule has 6 nitrogen and oxygen atoms in total. The molecule has 0 unspecified atom stereocenters. The fourth-order valence-corrected chi connectivity index (χ4v) is 3.44. The summed E-state index contributed by atoms with van der Waals surface area (Å²) >= 11 is 1.51. The molecule has 3 heterocycles. The van der Waals surface area contributed by atoms with Gasteiger partial charge in [-0.25, -0.2) is 0 Å². The number of ether oxygens (including phenoxy) is 2. The minimum Gasteiger partial charge on any atom is -0.460 e. The summed E-state index contributed by atoms with van der Waals surface area (Å²) in [5.74, 6) is -0.0243. The zero-order chi connectivity index (χ0) is 24.4. The van der Waals surface area contributed by atoms with E-state index >= 15 is 0 Å². The van der Waals surface area contributed by atoms with Crippen molar-refractivity contribution < 1.29 is 37.0 Å². The van der Waals surface area contributed by atoms with Gasteiger partial charge < -0.3 is 9.47 Å². The van der Waals surface area contributed by atoms with Gasteiger partial charge in [0.25, 0.3) is 0 Å². The summed E-state index contributed by atoms with van der Waals surface area (Å²) in [5, 5.41) is 0. The largest absolute Gasteiger partial charge is 0.460 e. The first-order valence-corrected chi connectivity index (χ1v) is 10.6. The van der Waals surface area contributed by atoms with Gasteiger partial charge in [0, 0.05) is 24.3 Å². The van der Waals surface area contributed by atoms with Crippen LogP contribution in [0, 0.1) is 12.8 Å². The zero-order valence-electron chi connectivity index (χ0n) is 18.3. The molecule has 2 aromatic rings. The van der Waals surface area contributed by atoms with E-state index < -0.39 is 11.7 Å². The Morgan fingerprint density at radius 1 is 1.12 bits per heavy atom. The van der Waals surface area contributed by atoms with Crippen LogP contribution < -0.4 is 0 Å². The van der Waals surface area contributed by atoms with E-state index in [2.05, 4.69) is 4.98 Å². The highest BCUT2D eigenvalue weighted by atomic mass is 32.1. The molecule has 0 N–H and O–H groups in total. The van der Waals surface area contributed by atoms with Crippen LogP contribution in [0.25, 0.3) is 10.6 Å². The highest BCUT2D eigenvalue weighted by molar-refractivity contribution is 7.15. The predicted octanol–water partition coefficient (Wildman–Crippen LogP) is 5.31. The molecule has 1 aliphatic heterocycles. The maximum atomic E-state index is 12.3. The number of thiophene rings is 1. The van der Waals surface area contributed by atoms with E-state index in [9.17, 15) is 18.0 Å². The lowest BCUT2D eigenvalue weighted by Crippen LogP contribution is -2.31. The monoisotopic (exact) mass is 473 g/mol. The number of rotatable bonds is 2. The summed E-state index contributed by atoms with van der Waals surface area (Å²) < 4.78 is 47.3. The maximum Gasteiger partial charge on any atom is 0.417 e. The molecule has 0 radical (unpaired) electrons. The first-order chi connectivity index (χ1) is 14.9. The van der Waals surface area contributed by atoms with Gasteiger partial charge in [0.1, 0.15) is 5.60 Å². The van der Waals surface area contributed by atoms with Gasteiger partial charge in [0.2, 0.25) is 0 Å². The van der Waals surface area contributed by atoms with E-state index in [1.807, 2.05) is 39.8 Å². The van der Waals surface area contributed by atoms with Crippen molar-refractivity contribution in [2.45, 2.75) is 52.3 Å². The molecule has 32 heavy (non-hydrogen) atoms. The molecule has 1 aliphatic rings. The lowest BCUT2D eigenvalue weighted by atomic mass is 10.0.